The summed E-state index contributed by atoms with van der Waals surface area (Å²) in [6, 6.07) is 15.2. The second kappa shape index (κ2) is 6.22. The van der Waals surface area contributed by atoms with E-state index in [0.29, 0.717) is 12.1 Å². The first-order valence-corrected chi connectivity index (χ1v) is 6.35. The van der Waals surface area contributed by atoms with E-state index in [1.807, 2.05) is 24.3 Å². The molecule has 0 radical (unpaired) electrons. The summed E-state index contributed by atoms with van der Waals surface area (Å²) >= 11 is 0. The molecule has 2 heteroatoms. The highest BCUT2D eigenvalue weighted by molar-refractivity contribution is 5.17. The molecule has 0 saturated heterocycles. The highest BCUT2D eigenvalue weighted by Gasteiger charge is 2.19. The van der Waals surface area contributed by atoms with Gasteiger partial charge in [0.2, 0.25) is 0 Å². The van der Waals surface area contributed by atoms with E-state index in [1.165, 1.54) is 5.56 Å². The van der Waals surface area contributed by atoms with Crippen LogP contribution < -0.4 is 5.32 Å². The first-order chi connectivity index (χ1) is 8.81. The Morgan fingerprint density at radius 3 is 2.61 bits per heavy atom. The second-order valence-electron chi connectivity index (χ2n) is 4.54. The van der Waals surface area contributed by atoms with Crippen LogP contribution in [0.2, 0.25) is 0 Å². The lowest BCUT2D eigenvalue weighted by molar-refractivity contribution is -0.732. The lowest BCUT2D eigenvalue weighted by Crippen LogP contribution is -2.85. The van der Waals surface area contributed by atoms with Gasteiger partial charge in [-0.3, -0.25) is 0 Å². The minimum Gasteiger partial charge on any atom is -0.463 e. The summed E-state index contributed by atoms with van der Waals surface area (Å²) in [6.07, 6.45) is 4.66. The second-order valence-corrected chi connectivity index (χ2v) is 4.54. The molecule has 2 rings (SSSR count). The van der Waals surface area contributed by atoms with Gasteiger partial charge in [-0.05, 0) is 19.1 Å². The van der Waals surface area contributed by atoms with Crippen molar-refractivity contribution in [3.05, 3.63) is 72.7 Å². The molecular weight excluding hydrogens is 222 g/mol. The Kier molecular flexibility index (Phi) is 4.37. The van der Waals surface area contributed by atoms with Crippen LogP contribution in [0.5, 0.6) is 0 Å². The van der Waals surface area contributed by atoms with E-state index in [-0.39, 0.29) is 0 Å². The van der Waals surface area contributed by atoms with Crippen LogP contribution in [0.1, 0.15) is 36.8 Å². The van der Waals surface area contributed by atoms with Crippen molar-refractivity contribution in [2.24, 2.45) is 0 Å². The number of nitrogens with two attached hydrogens (primary N) is 1. The Morgan fingerprint density at radius 2 is 2.00 bits per heavy atom. The normalized spacial score (nSPS) is 14.1. The van der Waals surface area contributed by atoms with Gasteiger partial charge in [-0.2, -0.15) is 0 Å². The first kappa shape index (κ1) is 12.7. The number of benzene rings is 1. The maximum atomic E-state index is 5.45. The van der Waals surface area contributed by atoms with Crippen molar-refractivity contribution in [3.8, 4) is 0 Å². The third kappa shape index (κ3) is 3.11. The van der Waals surface area contributed by atoms with Gasteiger partial charge in [0.05, 0.1) is 6.26 Å². The van der Waals surface area contributed by atoms with E-state index in [4.69, 9.17) is 4.42 Å². The molecule has 1 heterocycles. The van der Waals surface area contributed by atoms with Crippen molar-refractivity contribution in [3.63, 3.8) is 0 Å². The summed E-state index contributed by atoms with van der Waals surface area (Å²) < 4.78 is 5.45. The van der Waals surface area contributed by atoms with Crippen LogP contribution in [0.25, 0.3) is 0 Å². The van der Waals surface area contributed by atoms with Crippen LogP contribution in [0.15, 0.2) is 65.8 Å². The molecule has 0 saturated carbocycles. The molecule has 1 aromatic carbocycles. The Bertz CT molecular complexity index is 461. The van der Waals surface area contributed by atoms with E-state index < -0.39 is 0 Å². The molecule has 1 aromatic heterocycles. The van der Waals surface area contributed by atoms with Crippen LogP contribution in [-0.2, 0) is 0 Å². The van der Waals surface area contributed by atoms with Gasteiger partial charge < -0.3 is 9.73 Å². The monoisotopic (exact) mass is 242 g/mol. The van der Waals surface area contributed by atoms with Gasteiger partial charge in [-0.25, -0.2) is 0 Å². The summed E-state index contributed by atoms with van der Waals surface area (Å²) in [7, 11) is 0. The average Bonchev–Trinajstić information content (AvgIpc) is 2.93. The molecule has 2 atom stereocenters. The third-order valence-corrected chi connectivity index (χ3v) is 3.16. The van der Waals surface area contributed by atoms with Crippen LogP contribution in [0.3, 0.4) is 0 Å². The lowest BCUT2D eigenvalue weighted by Gasteiger charge is -2.18. The molecule has 0 fully saturated rings. The standard InChI is InChI=1S/C16H19NO/c1-3-8-15(14-9-5-4-6-10-14)17-13(2)16-11-7-12-18-16/h3-7,9-13,15,17H,1,8H2,2H3/p+1/t13-,15+/m0/s1. The molecule has 2 aromatic rings. The van der Waals surface area contributed by atoms with E-state index >= 15 is 0 Å². The van der Waals surface area contributed by atoms with Crippen LogP contribution >= 0.6 is 0 Å². The maximum Gasteiger partial charge on any atom is 0.160 e. The summed E-state index contributed by atoms with van der Waals surface area (Å²) in [4.78, 5) is 0. The summed E-state index contributed by atoms with van der Waals surface area (Å²) in [6.45, 7) is 6.02. The van der Waals surface area contributed by atoms with Crippen molar-refractivity contribution >= 4 is 0 Å². The number of furan rings is 1. The molecule has 0 bridgehead atoms. The number of hydrogen-bond donors (Lipinski definition) is 1. The largest absolute Gasteiger partial charge is 0.463 e. The molecule has 0 aliphatic carbocycles. The fourth-order valence-electron chi connectivity index (χ4n) is 2.20. The van der Waals surface area contributed by atoms with Crippen molar-refractivity contribution in [2.45, 2.75) is 25.4 Å². The van der Waals surface area contributed by atoms with Crippen LogP contribution in [0.4, 0.5) is 0 Å². The van der Waals surface area contributed by atoms with Gasteiger partial charge in [0.1, 0.15) is 12.1 Å². The van der Waals surface area contributed by atoms with Crippen LogP contribution in [0, 0.1) is 0 Å². The van der Waals surface area contributed by atoms with Crippen molar-refractivity contribution in [1.82, 2.24) is 0 Å². The van der Waals surface area contributed by atoms with Gasteiger partial charge in [0, 0.05) is 12.0 Å². The average molecular weight is 242 g/mol. The summed E-state index contributed by atoms with van der Waals surface area (Å²) in [5.41, 5.74) is 1.33. The van der Waals surface area contributed by atoms with Gasteiger partial charge in [0.15, 0.2) is 5.76 Å². The smallest absolute Gasteiger partial charge is 0.160 e. The Labute approximate surface area is 108 Å². The van der Waals surface area contributed by atoms with Crippen molar-refractivity contribution < 1.29 is 9.73 Å². The fraction of sp³-hybridized carbons (Fsp3) is 0.250. The zero-order valence-electron chi connectivity index (χ0n) is 10.8. The predicted octanol–water partition coefficient (Wildman–Crippen LogP) is 3.22. The van der Waals surface area contributed by atoms with Crippen LogP contribution in [-0.4, -0.2) is 0 Å². The molecule has 2 N–H and O–H groups in total. The number of rotatable bonds is 6. The molecule has 2 nitrogen and oxygen atoms in total. The minimum atomic E-state index is 0.310. The van der Waals surface area contributed by atoms with Gasteiger partial charge in [-0.15, -0.1) is 6.58 Å². The molecule has 0 spiro atoms. The number of quaternary nitrogens is 1. The van der Waals surface area contributed by atoms with Crippen molar-refractivity contribution in [1.29, 1.82) is 0 Å². The first-order valence-electron chi connectivity index (χ1n) is 6.35. The maximum absolute atomic E-state index is 5.45. The Hall–Kier alpha value is -1.80. The highest BCUT2D eigenvalue weighted by Crippen LogP contribution is 2.16. The molecule has 0 aliphatic heterocycles. The van der Waals surface area contributed by atoms with Gasteiger partial charge >= 0.3 is 0 Å². The zero-order valence-corrected chi connectivity index (χ0v) is 10.8. The summed E-state index contributed by atoms with van der Waals surface area (Å²) in [5, 5.41) is 2.33. The summed E-state index contributed by atoms with van der Waals surface area (Å²) in [5.74, 6) is 1.01. The molecule has 0 aliphatic rings. The fourth-order valence-corrected chi connectivity index (χ4v) is 2.20. The predicted molar refractivity (Wildman–Crippen MR) is 73.0 cm³/mol. The third-order valence-electron chi connectivity index (χ3n) is 3.16. The Morgan fingerprint density at radius 1 is 1.22 bits per heavy atom. The molecule has 0 unspecified atom stereocenters. The quantitative estimate of drug-likeness (QED) is 0.774. The zero-order chi connectivity index (χ0) is 12.8. The van der Waals surface area contributed by atoms with Gasteiger partial charge in [-0.1, -0.05) is 36.4 Å². The SMILES string of the molecule is C=CC[C@@H]([NH2+][C@@H](C)c1ccco1)c1ccccc1. The van der Waals surface area contributed by atoms with Gasteiger partial charge in [0.25, 0.3) is 0 Å². The molecule has 0 amide bonds. The van der Waals surface area contributed by atoms with E-state index in [9.17, 15) is 0 Å². The molecule has 18 heavy (non-hydrogen) atoms. The van der Waals surface area contributed by atoms with Crippen molar-refractivity contribution in [2.75, 3.05) is 0 Å². The van der Waals surface area contributed by atoms with E-state index in [2.05, 4.69) is 43.1 Å². The topological polar surface area (TPSA) is 29.8 Å². The lowest BCUT2D eigenvalue weighted by atomic mass is 10.0. The number of hydrogen-bond acceptors (Lipinski definition) is 1. The highest BCUT2D eigenvalue weighted by atomic mass is 16.3. The minimum absolute atomic E-state index is 0.310. The molecule has 94 valence electrons. The van der Waals surface area contributed by atoms with E-state index in [1.54, 1.807) is 6.26 Å². The Balaban J connectivity index is 2.09. The van der Waals surface area contributed by atoms with E-state index in [0.717, 1.165) is 12.2 Å². The molecular formula is C16H20NO+.